The minimum absolute atomic E-state index is 0.122. The van der Waals surface area contributed by atoms with Gasteiger partial charge in [-0.1, -0.05) is 135 Å². The summed E-state index contributed by atoms with van der Waals surface area (Å²) < 4.78 is 4.70. The highest BCUT2D eigenvalue weighted by molar-refractivity contribution is 5.82. The number of para-hydroxylation sites is 1. The highest BCUT2D eigenvalue weighted by atomic mass is 16.1. The van der Waals surface area contributed by atoms with Gasteiger partial charge in [-0.2, -0.15) is 0 Å². The van der Waals surface area contributed by atoms with Crippen LogP contribution in [0.2, 0.25) is 0 Å². The second-order valence-corrected chi connectivity index (χ2v) is 12.3. The standard InChI is InChI=1S/C38H59N2O/c1-3-5-7-9-11-13-15-17-19-23-29-39-31-27-34(28-32-39)37-33-38(41)35-25-21-22-26-36(35)40(37)30-24-20-18-16-14-12-10-8-6-4-2/h21-22,25-28,31-33H,3-20,23-24,29-30H2,1-2H3/q+1. The summed E-state index contributed by atoms with van der Waals surface area (Å²) in [5, 5.41) is 0.829. The quantitative estimate of drug-likeness (QED) is 0.0838. The lowest BCUT2D eigenvalue weighted by Gasteiger charge is -2.17. The minimum atomic E-state index is 0.122. The molecule has 0 saturated heterocycles. The molecule has 2 aromatic heterocycles. The molecule has 0 aliphatic rings. The zero-order valence-electron chi connectivity index (χ0n) is 26.6. The fraction of sp³-hybridized carbons (Fsp3) is 0.632. The van der Waals surface area contributed by atoms with Crippen LogP contribution in [0.3, 0.4) is 0 Å². The topological polar surface area (TPSA) is 25.9 Å². The number of fused-ring (bicyclic) bond motifs is 1. The van der Waals surface area contributed by atoms with Gasteiger partial charge in [-0.05, 0) is 25.0 Å². The highest BCUT2D eigenvalue weighted by Gasteiger charge is 2.12. The third kappa shape index (κ3) is 12.1. The van der Waals surface area contributed by atoms with E-state index in [-0.39, 0.29) is 5.43 Å². The Kier molecular flexibility index (Phi) is 16.5. The van der Waals surface area contributed by atoms with Crippen LogP contribution in [0.25, 0.3) is 22.2 Å². The molecule has 0 saturated carbocycles. The van der Waals surface area contributed by atoms with Gasteiger partial charge in [0, 0.05) is 42.1 Å². The summed E-state index contributed by atoms with van der Waals surface area (Å²) in [5.74, 6) is 0. The number of aryl methyl sites for hydroxylation is 2. The smallest absolute Gasteiger partial charge is 0.190 e. The van der Waals surface area contributed by atoms with Crippen molar-refractivity contribution in [3.63, 3.8) is 0 Å². The number of nitrogens with zero attached hydrogens (tertiary/aromatic N) is 2. The molecule has 41 heavy (non-hydrogen) atoms. The lowest BCUT2D eigenvalue weighted by molar-refractivity contribution is -0.697. The van der Waals surface area contributed by atoms with Gasteiger partial charge in [-0.15, -0.1) is 0 Å². The molecular weight excluding hydrogens is 500 g/mol. The van der Waals surface area contributed by atoms with Gasteiger partial charge in [-0.25, -0.2) is 4.57 Å². The van der Waals surface area contributed by atoms with Gasteiger partial charge >= 0.3 is 0 Å². The van der Waals surface area contributed by atoms with E-state index in [0.29, 0.717) is 0 Å². The first-order valence-corrected chi connectivity index (χ1v) is 17.4. The van der Waals surface area contributed by atoms with E-state index in [4.69, 9.17) is 0 Å². The number of aromatic nitrogens is 2. The molecule has 0 amide bonds. The molecule has 2 heterocycles. The van der Waals surface area contributed by atoms with E-state index in [1.807, 2.05) is 18.2 Å². The average Bonchev–Trinajstić information content (AvgIpc) is 3.00. The molecule has 0 unspecified atom stereocenters. The predicted molar refractivity (Wildman–Crippen MR) is 178 cm³/mol. The maximum Gasteiger partial charge on any atom is 0.190 e. The molecule has 0 aliphatic carbocycles. The van der Waals surface area contributed by atoms with E-state index in [0.717, 1.165) is 41.7 Å². The highest BCUT2D eigenvalue weighted by Crippen LogP contribution is 2.23. The Labute approximate surface area is 251 Å². The van der Waals surface area contributed by atoms with Crippen molar-refractivity contribution in [3.05, 3.63) is 65.1 Å². The Balaban J connectivity index is 1.50. The van der Waals surface area contributed by atoms with Gasteiger partial charge in [0.25, 0.3) is 0 Å². The van der Waals surface area contributed by atoms with Crippen LogP contribution in [-0.2, 0) is 13.1 Å². The molecule has 1 aromatic carbocycles. The van der Waals surface area contributed by atoms with Crippen molar-refractivity contribution in [2.75, 3.05) is 0 Å². The van der Waals surface area contributed by atoms with Crippen molar-refractivity contribution < 1.29 is 4.57 Å². The first-order valence-electron chi connectivity index (χ1n) is 17.4. The summed E-state index contributed by atoms with van der Waals surface area (Å²) in [6.45, 7) is 6.60. The minimum Gasteiger partial charge on any atom is -0.340 e. The Morgan fingerprint density at radius 1 is 0.585 bits per heavy atom. The number of hydrogen-bond donors (Lipinski definition) is 0. The van der Waals surface area contributed by atoms with Crippen LogP contribution < -0.4 is 10.00 Å². The Bertz CT molecular complexity index is 1150. The molecule has 0 radical (unpaired) electrons. The monoisotopic (exact) mass is 559 g/mol. The third-order valence-electron chi connectivity index (χ3n) is 8.71. The van der Waals surface area contributed by atoms with Crippen LogP contribution in [0, 0.1) is 0 Å². The van der Waals surface area contributed by atoms with Crippen LogP contribution in [0.15, 0.2) is 59.7 Å². The van der Waals surface area contributed by atoms with E-state index in [1.54, 1.807) is 0 Å². The van der Waals surface area contributed by atoms with Crippen molar-refractivity contribution in [1.82, 2.24) is 4.57 Å². The fourth-order valence-corrected chi connectivity index (χ4v) is 6.12. The fourth-order valence-electron chi connectivity index (χ4n) is 6.12. The zero-order chi connectivity index (χ0) is 29.0. The van der Waals surface area contributed by atoms with Crippen molar-refractivity contribution in [2.45, 2.75) is 155 Å². The van der Waals surface area contributed by atoms with Gasteiger partial charge in [0.1, 0.15) is 6.54 Å². The van der Waals surface area contributed by atoms with E-state index < -0.39 is 0 Å². The van der Waals surface area contributed by atoms with Crippen molar-refractivity contribution >= 4 is 10.9 Å². The Morgan fingerprint density at radius 3 is 1.63 bits per heavy atom. The molecule has 3 heteroatoms. The average molecular weight is 560 g/mol. The van der Waals surface area contributed by atoms with Gasteiger partial charge in [-0.3, -0.25) is 4.79 Å². The Morgan fingerprint density at radius 2 is 1.07 bits per heavy atom. The second kappa shape index (κ2) is 20.5. The molecule has 3 aromatic rings. The maximum absolute atomic E-state index is 13.0. The van der Waals surface area contributed by atoms with Crippen LogP contribution in [0.4, 0.5) is 0 Å². The third-order valence-corrected chi connectivity index (χ3v) is 8.71. The van der Waals surface area contributed by atoms with E-state index in [9.17, 15) is 4.79 Å². The molecule has 0 N–H and O–H groups in total. The number of pyridine rings is 2. The summed E-state index contributed by atoms with van der Waals surface area (Å²) in [5.41, 5.74) is 3.37. The summed E-state index contributed by atoms with van der Waals surface area (Å²) in [7, 11) is 0. The van der Waals surface area contributed by atoms with E-state index in [2.05, 4.69) is 59.6 Å². The molecule has 3 rings (SSSR count). The lowest BCUT2D eigenvalue weighted by atomic mass is 10.1. The number of unbranched alkanes of at least 4 members (excludes halogenated alkanes) is 18. The normalized spacial score (nSPS) is 11.5. The lowest BCUT2D eigenvalue weighted by Crippen LogP contribution is -2.32. The van der Waals surface area contributed by atoms with Crippen molar-refractivity contribution in [1.29, 1.82) is 0 Å². The zero-order valence-corrected chi connectivity index (χ0v) is 26.6. The molecular formula is C38H59N2O+. The summed E-state index contributed by atoms with van der Waals surface area (Å²) in [6, 6.07) is 14.4. The number of hydrogen-bond acceptors (Lipinski definition) is 1. The van der Waals surface area contributed by atoms with E-state index in [1.165, 1.54) is 122 Å². The van der Waals surface area contributed by atoms with Gasteiger partial charge in [0.05, 0.1) is 11.2 Å². The number of benzene rings is 1. The molecule has 0 bridgehead atoms. The van der Waals surface area contributed by atoms with Gasteiger partial charge < -0.3 is 4.57 Å². The molecule has 0 fully saturated rings. The SMILES string of the molecule is CCCCCCCCCCCCn1c(-c2cc[n+](CCCCCCCCCCCC)cc2)cc(=O)c2ccccc21. The molecule has 0 atom stereocenters. The van der Waals surface area contributed by atoms with Crippen LogP contribution in [0.1, 0.15) is 142 Å². The molecule has 3 nitrogen and oxygen atoms in total. The van der Waals surface area contributed by atoms with Crippen LogP contribution in [-0.4, -0.2) is 4.57 Å². The van der Waals surface area contributed by atoms with Crippen molar-refractivity contribution in [3.8, 4) is 11.3 Å². The first kappa shape index (κ1) is 33.1. The van der Waals surface area contributed by atoms with Gasteiger partial charge in [0.2, 0.25) is 0 Å². The predicted octanol–water partition coefficient (Wildman–Crippen LogP) is 10.8. The second-order valence-electron chi connectivity index (χ2n) is 12.3. The molecule has 0 spiro atoms. The van der Waals surface area contributed by atoms with E-state index >= 15 is 0 Å². The van der Waals surface area contributed by atoms with Crippen molar-refractivity contribution in [2.24, 2.45) is 0 Å². The van der Waals surface area contributed by atoms with Crippen LogP contribution in [0.5, 0.6) is 0 Å². The van der Waals surface area contributed by atoms with Gasteiger partial charge in [0.15, 0.2) is 17.8 Å². The summed E-state index contributed by atoms with van der Waals surface area (Å²) in [4.78, 5) is 13.0. The van der Waals surface area contributed by atoms with Crippen LogP contribution >= 0.6 is 0 Å². The number of rotatable bonds is 23. The maximum atomic E-state index is 13.0. The Hall–Kier alpha value is -2.42. The summed E-state index contributed by atoms with van der Waals surface area (Å²) in [6.07, 6.45) is 31.4. The largest absolute Gasteiger partial charge is 0.340 e. The molecule has 226 valence electrons. The first-order chi connectivity index (χ1) is 20.2. The molecule has 0 aliphatic heterocycles. The summed E-state index contributed by atoms with van der Waals surface area (Å²) >= 11 is 0.